The Morgan fingerprint density at radius 1 is 1.48 bits per heavy atom. The Morgan fingerprint density at radius 3 is 2.84 bits per heavy atom. The van der Waals surface area contributed by atoms with Crippen LogP contribution in [0.15, 0.2) is 40.2 Å². The van der Waals surface area contributed by atoms with Crippen molar-refractivity contribution >= 4 is 23.3 Å². The Morgan fingerprint density at radius 2 is 2.24 bits per heavy atom. The molecule has 4 N–H and O–H groups in total. The molecule has 1 aromatic carbocycles. The lowest BCUT2D eigenvalue weighted by atomic mass is 9.86. The van der Waals surface area contributed by atoms with Crippen LogP contribution in [0.3, 0.4) is 0 Å². The molecule has 1 aliphatic heterocycles. The third kappa shape index (κ3) is 2.86. The number of rotatable bonds is 4. The molecule has 2 heterocycles. The maximum atomic E-state index is 12.2. The number of nitrogens with two attached hydrogens (primary N) is 1. The van der Waals surface area contributed by atoms with Gasteiger partial charge in [-0.05, 0) is 18.6 Å². The van der Waals surface area contributed by atoms with Gasteiger partial charge >= 0.3 is 0 Å². The maximum Gasteiger partial charge on any atom is 0.231 e. The number of hydrogen-bond acceptors (Lipinski definition) is 7. The van der Waals surface area contributed by atoms with Crippen molar-refractivity contribution in [3.8, 4) is 0 Å². The summed E-state index contributed by atoms with van der Waals surface area (Å²) in [5.41, 5.74) is 8.34. The lowest BCUT2D eigenvalue weighted by Gasteiger charge is -2.34. The number of amides is 1. The topological polar surface area (TPSA) is 121 Å². The highest BCUT2D eigenvalue weighted by Gasteiger charge is 2.36. The van der Waals surface area contributed by atoms with Crippen LogP contribution >= 0.6 is 0 Å². The van der Waals surface area contributed by atoms with Crippen LogP contribution in [0.25, 0.3) is 0 Å². The van der Waals surface area contributed by atoms with Crippen molar-refractivity contribution in [3.63, 3.8) is 0 Å². The Hall–Kier alpha value is -3.16. The van der Waals surface area contributed by atoms with Crippen LogP contribution < -0.4 is 11.1 Å². The molecular weight excluding hydrogens is 320 g/mol. The maximum absolute atomic E-state index is 12.2. The van der Waals surface area contributed by atoms with E-state index in [4.69, 9.17) is 15.7 Å². The molecule has 0 bridgehead atoms. The Labute approximate surface area is 145 Å². The molecule has 1 aliphatic rings. The number of nitrogens with one attached hydrogen (secondary N) is 2. The van der Waals surface area contributed by atoms with Crippen LogP contribution in [0.1, 0.15) is 30.0 Å². The van der Waals surface area contributed by atoms with E-state index in [-0.39, 0.29) is 18.3 Å². The Balaban J connectivity index is 2.03. The molecule has 0 saturated carbocycles. The molecule has 1 amide bonds. The lowest BCUT2D eigenvalue weighted by Crippen LogP contribution is -2.47. The standard InChI is InChI=1S/C17H20N6O2/c1-17(7-14(24)23(3)16(19)22-17)11-4-5-12(13(6-11)20-2)15(18)10-8-21-25-9-10/h4-6,8-9,18,20H,7H2,1-3H3,(H2,19,22)/t17-/m0/s1. The molecule has 0 fully saturated rings. The van der Waals surface area contributed by atoms with Crippen molar-refractivity contribution in [1.29, 1.82) is 5.41 Å². The number of guanidine groups is 1. The highest BCUT2D eigenvalue weighted by atomic mass is 16.5. The summed E-state index contributed by atoms with van der Waals surface area (Å²) in [4.78, 5) is 18.0. The number of aromatic nitrogens is 1. The number of carbonyl (C=O) groups excluding carboxylic acids is 1. The zero-order chi connectivity index (χ0) is 18.2. The summed E-state index contributed by atoms with van der Waals surface area (Å²) < 4.78 is 4.81. The van der Waals surface area contributed by atoms with Gasteiger partial charge in [0.15, 0.2) is 5.96 Å². The average Bonchev–Trinajstić information content (AvgIpc) is 3.13. The van der Waals surface area contributed by atoms with E-state index in [0.29, 0.717) is 16.8 Å². The zero-order valence-electron chi connectivity index (χ0n) is 14.3. The van der Waals surface area contributed by atoms with Gasteiger partial charge in [-0.15, -0.1) is 0 Å². The monoisotopic (exact) mass is 340 g/mol. The number of anilines is 1. The van der Waals surface area contributed by atoms with Crippen molar-refractivity contribution in [2.24, 2.45) is 10.7 Å². The molecule has 25 heavy (non-hydrogen) atoms. The van der Waals surface area contributed by atoms with Gasteiger partial charge in [0.05, 0.1) is 29.4 Å². The van der Waals surface area contributed by atoms with Gasteiger partial charge < -0.3 is 15.6 Å². The summed E-state index contributed by atoms with van der Waals surface area (Å²) in [6.07, 6.45) is 3.16. The highest BCUT2D eigenvalue weighted by molar-refractivity contribution is 6.13. The van der Waals surface area contributed by atoms with Crippen molar-refractivity contribution in [1.82, 2.24) is 10.1 Å². The van der Waals surface area contributed by atoms with Crippen molar-refractivity contribution in [3.05, 3.63) is 47.3 Å². The van der Waals surface area contributed by atoms with E-state index < -0.39 is 5.54 Å². The second-order valence-corrected chi connectivity index (χ2v) is 6.17. The van der Waals surface area contributed by atoms with Gasteiger partial charge in [0.25, 0.3) is 0 Å². The first-order valence-corrected chi connectivity index (χ1v) is 7.78. The first-order valence-electron chi connectivity index (χ1n) is 7.78. The molecule has 3 rings (SSSR count). The molecule has 1 aromatic heterocycles. The number of benzene rings is 1. The van der Waals surface area contributed by atoms with E-state index in [1.807, 2.05) is 25.1 Å². The number of nitrogens with zero attached hydrogens (tertiary/aromatic N) is 3. The molecular formula is C17H20N6O2. The summed E-state index contributed by atoms with van der Waals surface area (Å²) in [6.45, 7) is 1.88. The fourth-order valence-corrected chi connectivity index (χ4v) is 2.86. The van der Waals surface area contributed by atoms with Crippen LogP contribution in [0.4, 0.5) is 5.69 Å². The molecule has 0 saturated heterocycles. The second kappa shape index (κ2) is 6.04. The van der Waals surface area contributed by atoms with E-state index in [1.165, 1.54) is 17.4 Å². The fraction of sp³-hybridized carbons (Fsp3) is 0.294. The SMILES string of the molecule is CNc1cc([C@]2(C)CC(=O)N(C)C(N)=N2)ccc1C(=N)c1cnoc1. The largest absolute Gasteiger partial charge is 0.388 e. The lowest BCUT2D eigenvalue weighted by molar-refractivity contribution is -0.128. The molecule has 8 nitrogen and oxygen atoms in total. The predicted octanol–water partition coefficient (Wildman–Crippen LogP) is 1.52. The molecule has 0 radical (unpaired) electrons. The molecule has 2 aromatic rings. The molecule has 0 unspecified atom stereocenters. The van der Waals surface area contributed by atoms with Gasteiger partial charge in [-0.25, -0.2) is 4.99 Å². The minimum Gasteiger partial charge on any atom is -0.388 e. The Kier molecular flexibility index (Phi) is 4.03. The van der Waals surface area contributed by atoms with E-state index >= 15 is 0 Å². The number of hydrogen-bond donors (Lipinski definition) is 3. The number of aliphatic imine (C=N–C) groups is 1. The van der Waals surface area contributed by atoms with Crippen LogP contribution in [-0.4, -0.2) is 41.7 Å². The van der Waals surface area contributed by atoms with Gasteiger partial charge in [0.1, 0.15) is 6.26 Å². The summed E-state index contributed by atoms with van der Waals surface area (Å²) in [5.74, 6) is 0.119. The predicted molar refractivity (Wildman–Crippen MR) is 94.8 cm³/mol. The normalized spacial score (nSPS) is 20.4. The van der Waals surface area contributed by atoms with Gasteiger partial charge in [-0.1, -0.05) is 17.3 Å². The van der Waals surface area contributed by atoms with E-state index in [2.05, 4.69) is 15.5 Å². The van der Waals surface area contributed by atoms with E-state index in [9.17, 15) is 4.79 Å². The average molecular weight is 340 g/mol. The minimum atomic E-state index is -0.739. The third-order valence-electron chi connectivity index (χ3n) is 4.48. The van der Waals surface area contributed by atoms with Gasteiger partial charge in [-0.2, -0.15) is 0 Å². The molecule has 130 valence electrons. The molecule has 0 spiro atoms. The van der Waals surface area contributed by atoms with Crippen molar-refractivity contribution in [2.45, 2.75) is 18.9 Å². The third-order valence-corrected chi connectivity index (χ3v) is 4.48. The van der Waals surface area contributed by atoms with Crippen LogP contribution in [-0.2, 0) is 10.3 Å². The fourth-order valence-electron chi connectivity index (χ4n) is 2.86. The van der Waals surface area contributed by atoms with Gasteiger partial charge in [-0.3, -0.25) is 15.1 Å². The zero-order valence-corrected chi connectivity index (χ0v) is 14.3. The minimum absolute atomic E-state index is 0.0812. The Bertz CT molecular complexity index is 858. The second-order valence-electron chi connectivity index (χ2n) is 6.17. The molecule has 8 heteroatoms. The van der Waals surface area contributed by atoms with Crippen LogP contribution in [0.2, 0.25) is 0 Å². The first-order chi connectivity index (χ1) is 11.9. The summed E-state index contributed by atoms with van der Waals surface area (Å²) in [7, 11) is 3.40. The smallest absolute Gasteiger partial charge is 0.231 e. The van der Waals surface area contributed by atoms with Gasteiger partial charge in [0.2, 0.25) is 5.91 Å². The van der Waals surface area contributed by atoms with Crippen LogP contribution in [0.5, 0.6) is 0 Å². The quantitative estimate of drug-likeness (QED) is 0.729. The number of carbonyl (C=O) groups is 1. The summed E-state index contributed by atoms with van der Waals surface area (Å²) in [5, 5.41) is 15.1. The van der Waals surface area contributed by atoms with Crippen molar-refractivity contribution < 1.29 is 9.32 Å². The van der Waals surface area contributed by atoms with Crippen LogP contribution in [0, 0.1) is 5.41 Å². The van der Waals surface area contributed by atoms with Crippen molar-refractivity contribution in [2.75, 3.05) is 19.4 Å². The molecule has 0 aliphatic carbocycles. The van der Waals surface area contributed by atoms with E-state index in [0.717, 1.165) is 11.3 Å². The van der Waals surface area contributed by atoms with Gasteiger partial charge in [0, 0.05) is 25.3 Å². The first kappa shape index (κ1) is 16.7. The highest BCUT2D eigenvalue weighted by Crippen LogP contribution is 2.35. The summed E-state index contributed by atoms with van der Waals surface area (Å²) >= 11 is 0. The summed E-state index contributed by atoms with van der Waals surface area (Å²) in [6, 6.07) is 5.59. The van der Waals surface area contributed by atoms with E-state index in [1.54, 1.807) is 14.1 Å². The molecule has 1 atom stereocenters.